The molecule has 3 rings (SSSR count). The highest BCUT2D eigenvalue weighted by atomic mass is 32.1. The monoisotopic (exact) mass is 399 g/mol. The molecule has 0 N–H and O–H groups in total. The van der Waals surface area contributed by atoms with Crippen LogP contribution in [0.2, 0.25) is 0 Å². The molecular weight excluding hydrogens is 382 g/mol. The molecule has 2 aromatic carbocycles. The molecule has 0 saturated heterocycles. The lowest BCUT2D eigenvalue weighted by Crippen LogP contribution is -2.31. The highest BCUT2D eigenvalue weighted by Gasteiger charge is 2.16. The molecule has 1 heterocycles. The zero-order valence-corrected chi connectivity index (χ0v) is 16.0. The maximum atomic E-state index is 12.4. The topological polar surface area (TPSA) is 94.8 Å². The summed E-state index contributed by atoms with van der Waals surface area (Å²) < 4.78 is 10.6. The zero-order valence-electron chi connectivity index (χ0n) is 15.2. The summed E-state index contributed by atoms with van der Waals surface area (Å²) in [4.78, 5) is 28.4. The van der Waals surface area contributed by atoms with E-state index in [4.69, 9.17) is 9.47 Å². The van der Waals surface area contributed by atoms with Gasteiger partial charge in [0.1, 0.15) is 11.5 Å². The van der Waals surface area contributed by atoms with Gasteiger partial charge in [-0.2, -0.15) is 0 Å². The Balaban J connectivity index is 1.61. The average molecular weight is 399 g/mol. The number of non-ortho nitro benzene ring substituents is 1. The zero-order chi connectivity index (χ0) is 20.1. The van der Waals surface area contributed by atoms with E-state index in [2.05, 4.69) is 4.98 Å². The average Bonchev–Trinajstić information content (AvgIpc) is 3.22. The molecule has 0 unspecified atom stereocenters. The van der Waals surface area contributed by atoms with Crippen molar-refractivity contribution in [1.82, 2.24) is 4.98 Å². The third-order valence-corrected chi connectivity index (χ3v) is 4.87. The molecule has 0 aliphatic rings. The van der Waals surface area contributed by atoms with Gasteiger partial charge in [0.15, 0.2) is 11.7 Å². The van der Waals surface area contributed by atoms with Crippen molar-refractivity contribution in [2.75, 3.05) is 25.7 Å². The number of amides is 1. The molecular formula is C19H17N3O5S. The number of carbonyl (C=O) groups is 1. The van der Waals surface area contributed by atoms with Crippen LogP contribution in [0.15, 0.2) is 53.9 Å². The number of nitro benzene ring substituents is 1. The molecule has 9 heteroatoms. The largest absolute Gasteiger partial charge is 0.497 e. The Morgan fingerprint density at radius 3 is 2.39 bits per heavy atom. The van der Waals surface area contributed by atoms with Crippen molar-refractivity contribution in [2.24, 2.45) is 0 Å². The number of ether oxygens (including phenoxy) is 2. The van der Waals surface area contributed by atoms with E-state index in [9.17, 15) is 14.9 Å². The van der Waals surface area contributed by atoms with Crippen LogP contribution < -0.4 is 14.4 Å². The first kappa shape index (κ1) is 19.3. The summed E-state index contributed by atoms with van der Waals surface area (Å²) in [6, 6.07) is 13.1. The quantitative estimate of drug-likeness (QED) is 0.443. The number of likely N-dealkylation sites (N-methyl/N-ethyl adjacent to an activating group) is 1. The summed E-state index contributed by atoms with van der Waals surface area (Å²) in [6.45, 7) is -0.203. The van der Waals surface area contributed by atoms with E-state index in [1.54, 1.807) is 14.2 Å². The van der Waals surface area contributed by atoms with Crippen LogP contribution in [0.25, 0.3) is 11.3 Å². The molecule has 0 aliphatic heterocycles. The third-order valence-electron chi connectivity index (χ3n) is 3.95. The number of benzene rings is 2. The Morgan fingerprint density at radius 2 is 1.79 bits per heavy atom. The van der Waals surface area contributed by atoms with Gasteiger partial charge in [-0.15, -0.1) is 11.3 Å². The number of rotatable bonds is 7. The van der Waals surface area contributed by atoms with Crippen LogP contribution in [-0.4, -0.2) is 36.6 Å². The fraction of sp³-hybridized carbons (Fsp3) is 0.158. The third kappa shape index (κ3) is 4.44. The predicted octanol–water partition coefficient (Wildman–Crippen LogP) is 3.77. The number of carbonyl (C=O) groups excluding carboxylic acids is 1. The van der Waals surface area contributed by atoms with E-state index < -0.39 is 4.92 Å². The maximum Gasteiger partial charge on any atom is 0.269 e. The van der Waals surface area contributed by atoms with Crippen LogP contribution in [0, 0.1) is 10.1 Å². The van der Waals surface area contributed by atoms with Gasteiger partial charge in [-0.3, -0.25) is 19.8 Å². The van der Waals surface area contributed by atoms with Gasteiger partial charge in [-0.05, 0) is 36.4 Å². The Morgan fingerprint density at radius 1 is 1.14 bits per heavy atom. The second kappa shape index (κ2) is 8.49. The molecule has 0 atom stereocenters. The predicted molar refractivity (Wildman–Crippen MR) is 106 cm³/mol. The van der Waals surface area contributed by atoms with E-state index in [-0.39, 0.29) is 18.2 Å². The summed E-state index contributed by atoms with van der Waals surface area (Å²) in [5.41, 5.74) is 1.65. The summed E-state index contributed by atoms with van der Waals surface area (Å²) in [7, 11) is 3.23. The number of aromatic nitrogens is 1. The fourth-order valence-corrected chi connectivity index (χ4v) is 3.14. The lowest BCUT2D eigenvalue weighted by molar-refractivity contribution is -0.384. The molecule has 0 saturated carbocycles. The summed E-state index contributed by atoms with van der Waals surface area (Å²) in [6.07, 6.45) is 0. The molecule has 3 aromatic rings. The first-order chi connectivity index (χ1) is 13.5. The summed E-state index contributed by atoms with van der Waals surface area (Å²) in [5, 5.41) is 13.1. The second-order valence-electron chi connectivity index (χ2n) is 5.74. The number of hydrogen-bond acceptors (Lipinski definition) is 7. The molecule has 0 radical (unpaired) electrons. The van der Waals surface area contributed by atoms with E-state index in [1.807, 2.05) is 29.6 Å². The number of methoxy groups -OCH3 is 1. The van der Waals surface area contributed by atoms with Crippen LogP contribution in [0.5, 0.6) is 11.5 Å². The van der Waals surface area contributed by atoms with E-state index in [0.717, 1.165) is 17.0 Å². The highest BCUT2D eigenvalue weighted by Crippen LogP contribution is 2.28. The van der Waals surface area contributed by atoms with Crippen LogP contribution in [-0.2, 0) is 4.79 Å². The number of nitrogens with zero attached hydrogens (tertiary/aromatic N) is 3. The second-order valence-corrected chi connectivity index (χ2v) is 6.57. The van der Waals surface area contributed by atoms with Crippen molar-refractivity contribution in [2.45, 2.75) is 0 Å². The van der Waals surface area contributed by atoms with Crippen molar-refractivity contribution in [3.05, 3.63) is 64.0 Å². The molecule has 1 aromatic heterocycles. The Hall–Kier alpha value is -3.46. The Kier molecular flexibility index (Phi) is 5.85. The van der Waals surface area contributed by atoms with Crippen LogP contribution in [0.1, 0.15) is 0 Å². The standard InChI is InChI=1S/C19H17N3O5S/c1-21(18(23)11-27-16-9-5-14(6-10-16)22(24)25)19-20-17(12-28-19)13-3-7-15(26-2)8-4-13/h3-10,12H,11H2,1-2H3. The van der Waals surface area contributed by atoms with Gasteiger partial charge in [0, 0.05) is 30.1 Å². The molecule has 28 heavy (non-hydrogen) atoms. The molecule has 8 nitrogen and oxygen atoms in total. The van der Waals surface area contributed by atoms with Crippen LogP contribution in [0.3, 0.4) is 0 Å². The van der Waals surface area contributed by atoms with Crippen molar-refractivity contribution in [1.29, 1.82) is 0 Å². The van der Waals surface area contributed by atoms with Crippen LogP contribution in [0.4, 0.5) is 10.8 Å². The first-order valence-corrected chi connectivity index (χ1v) is 9.09. The minimum Gasteiger partial charge on any atom is -0.497 e. The smallest absolute Gasteiger partial charge is 0.269 e. The first-order valence-electron chi connectivity index (χ1n) is 8.21. The fourth-order valence-electron chi connectivity index (χ4n) is 2.33. The van der Waals surface area contributed by atoms with Crippen LogP contribution >= 0.6 is 11.3 Å². The molecule has 0 fully saturated rings. The Bertz CT molecular complexity index is 970. The number of anilines is 1. The molecule has 1 amide bonds. The van der Waals surface area contributed by atoms with Gasteiger partial charge in [-0.1, -0.05) is 0 Å². The molecule has 0 spiro atoms. The Labute approximate surface area is 165 Å². The number of thiazole rings is 1. The van der Waals surface area contributed by atoms with Gasteiger partial charge in [0.25, 0.3) is 11.6 Å². The van der Waals surface area contributed by atoms with E-state index >= 15 is 0 Å². The minimum atomic E-state index is -0.494. The van der Waals surface area contributed by atoms with Gasteiger partial charge in [-0.25, -0.2) is 4.98 Å². The van der Waals surface area contributed by atoms with Crippen molar-refractivity contribution >= 4 is 28.1 Å². The SMILES string of the molecule is COc1ccc(-c2csc(N(C)C(=O)COc3ccc([N+](=O)[O-])cc3)n2)cc1. The number of hydrogen-bond donors (Lipinski definition) is 0. The van der Waals surface area contributed by atoms with Gasteiger partial charge < -0.3 is 9.47 Å². The van der Waals surface area contributed by atoms with Crippen molar-refractivity contribution < 1.29 is 19.2 Å². The lowest BCUT2D eigenvalue weighted by atomic mass is 10.2. The van der Waals surface area contributed by atoms with Crippen molar-refractivity contribution in [3.63, 3.8) is 0 Å². The van der Waals surface area contributed by atoms with Gasteiger partial charge in [0.05, 0.1) is 17.7 Å². The lowest BCUT2D eigenvalue weighted by Gasteiger charge is -2.14. The highest BCUT2D eigenvalue weighted by molar-refractivity contribution is 7.14. The van der Waals surface area contributed by atoms with E-state index in [0.29, 0.717) is 10.9 Å². The molecule has 144 valence electrons. The summed E-state index contributed by atoms with van der Waals surface area (Å²) in [5.74, 6) is 0.856. The normalized spacial score (nSPS) is 10.4. The minimum absolute atomic E-state index is 0.0374. The van der Waals surface area contributed by atoms with E-state index in [1.165, 1.54) is 40.5 Å². The molecule has 0 aliphatic carbocycles. The van der Waals surface area contributed by atoms with Gasteiger partial charge in [0.2, 0.25) is 0 Å². The molecule has 0 bridgehead atoms. The van der Waals surface area contributed by atoms with Gasteiger partial charge >= 0.3 is 0 Å². The summed E-state index contributed by atoms with van der Waals surface area (Å²) >= 11 is 1.35. The maximum absolute atomic E-state index is 12.4. The number of nitro groups is 1. The van der Waals surface area contributed by atoms with Crippen molar-refractivity contribution in [3.8, 4) is 22.8 Å².